The molecule has 0 bridgehead atoms. The van der Waals surface area contributed by atoms with Gasteiger partial charge in [0.05, 0.1) is 5.56 Å². The molecule has 3 nitrogen and oxygen atoms in total. The Morgan fingerprint density at radius 1 is 1.26 bits per heavy atom. The van der Waals surface area contributed by atoms with Gasteiger partial charge in [-0.25, -0.2) is 4.79 Å². The van der Waals surface area contributed by atoms with E-state index in [1.54, 1.807) is 12.1 Å². The van der Waals surface area contributed by atoms with Crippen LogP contribution in [0.3, 0.4) is 0 Å². The van der Waals surface area contributed by atoms with Crippen LogP contribution in [0.4, 0.5) is 5.69 Å². The lowest BCUT2D eigenvalue weighted by Crippen LogP contribution is -2.07. The fourth-order valence-electron chi connectivity index (χ4n) is 1.85. The van der Waals surface area contributed by atoms with Crippen molar-refractivity contribution >= 4 is 23.3 Å². The lowest BCUT2D eigenvalue weighted by molar-refractivity contribution is 0.0698. The van der Waals surface area contributed by atoms with Gasteiger partial charge in [-0.3, -0.25) is 0 Å². The first-order chi connectivity index (χ1) is 9.08. The lowest BCUT2D eigenvalue weighted by Gasteiger charge is -2.11. The third kappa shape index (κ3) is 3.26. The predicted octanol–water partition coefficient (Wildman–Crippen LogP) is 3.96. The highest BCUT2D eigenvalue weighted by molar-refractivity contribution is 6.31. The highest BCUT2D eigenvalue weighted by Gasteiger charge is 2.10. The second-order valence-corrected chi connectivity index (χ2v) is 4.71. The van der Waals surface area contributed by atoms with E-state index in [1.165, 1.54) is 11.6 Å². The van der Waals surface area contributed by atoms with E-state index in [9.17, 15) is 4.79 Å². The predicted molar refractivity (Wildman–Crippen MR) is 76.9 cm³/mol. The minimum atomic E-state index is -0.991. The maximum atomic E-state index is 11.2. The van der Waals surface area contributed by atoms with E-state index in [-0.39, 0.29) is 5.56 Å². The number of carbonyl (C=O) groups is 1. The molecule has 0 radical (unpaired) electrons. The average molecular weight is 276 g/mol. The fourth-order valence-corrected chi connectivity index (χ4v) is 2.02. The average Bonchev–Trinajstić information content (AvgIpc) is 2.38. The van der Waals surface area contributed by atoms with Crippen molar-refractivity contribution in [1.82, 2.24) is 0 Å². The van der Waals surface area contributed by atoms with Crippen molar-refractivity contribution in [3.8, 4) is 0 Å². The maximum absolute atomic E-state index is 11.2. The minimum absolute atomic E-state index is 0.182. The van der Waals surface area contributed by atoms with Gasteiger partial charge in [-0.1, -0.05) is 35.9 Å². The van der Waals surface area contributed by atoms with Gasteiger partial charge in [-0.2, -0.15) is 0 Å². The first-order valence-corrected chi connectivity index (χ1v) is 6.27. The molecule has 0 aliphatic carbocycles. The van der Waals surface area contributed by atoms with Crippen LogP contribution in [0.15, 0.2) is 42.5 Å². The number of aromatic carboxylic acids is 1. The summed E-state index contributed by atoms with van der Waals surface area (Å²) in [5.74, 6) is -0.991. The molecule has 0 saturated carbocycles. The second-order valence-electron chi connectivity index (χ2n) is 4.28. The number of benzene rings is 2. The third-order valence-corrected chi connectivity index (χ3v) is 3.18. The van der Waals surface area contributed by atoms with Crippen molar-refractivity contribution in [2.45, 2.75) is 13.5 Å². The molecule has 0 aliphatic heterocycles. The standard InChI is InChI=1S/C15H14ClNO2/c1-10-4-2-3-5-11(10)9-17-14-7-6-12(16)8-13(14)15(18)19/h2-8,17H,9H2,1H3,(H,18,19). The van der Waals surface area contributed by atoms with Crippen LogP contribution < -0.4 is 5.32 Å². The number of hydrogen-bond acceptors (Lipinski definition) is 2. The minimum Gasteiger partial charge on any atom is -0.478 e. The van der Waals surface area contributed by atoms with E-state index < -0.39 is 5.97 Å². The zero-order chi connectivity index (χ0) is 13.8. The molecule has 0 aliphatic rings. The molecule has 2 rings (SSSR count). The Bertz CT molecular complexity index is 611. The van der Waals surface area contributed by atoms with Crippen LogP contribution >= 0.6 is 11.6 Å². The van der Waals surface area contributed by atoms with Gasteiger partial charge < -0.3 is 10.4 Å². The van der Waals surface area contributed by atoms with Gasteiger partial charge in [0.2, 0.25) is 0 Å². The van der Waals surface area contributed by atoms with Crippen molar-refractivity contribution < 1.29 is 9.90 Å². The number of halogens is 1. The maximum Gasteiger partial charge on any atom is 0.337 e. The normalized spacial score (nSPS) is 10.2. The van der Waals surface area contributed by atoms with E-state index in [1.807, 2.05) is 31.2 Å². The van der Waals surface area contributed by atoms with Crippen molar-refractivity contribution in [1.29, 1.82) is 0 Å². The van der Waals surface area contributed by atoms with Crippen LogP contribution in [0.2, 0.25) is 5.02 Å². The monoisotopic (exact) mass is 275 g/mol. The molecule has 0 atom stereocenters. The molecule has 0 fully saturated rings. The summed E-state index contributed by atoms with van der Waals surface area (Å²) >= 11 is 5.81. The molecule has 2 aromatic carbocycles. The molecule has 0 saturated heterocycles. The third-order valence-electron chi connectivity index (χ3n) is 2.94. The Morgan fingerprint density at radius 3 is 2.68 bits per heavy atom. The van der Waals surface area contributed by atoms with Crippen molar-refractivity contribution in [2.75, 3.05) is 5.32 Å². The van der Waals surface area contributed by atoms with E-state index in [0.29, 0.717) is 17.3 Å². The number of carboxylic acids is 1. The summed E-state index contributed by atoms with van der Waals surface area (Å²) in [6, 6.07) is 12.8. The van der Waals surface area contributed by atoms with Crippen molar-refractivity contribution in [3.05, 3.63) is 64.2 Å². The molecular formula is C15H14ClNO2. The second kappa shape index (κ2) is 5.76. The van der Waals surface area contributed by atoms with E-state index in [4.69, 9.17) is 16.7 Å². The Labute approximate surface area is 116 Å². The molecule has 0 heterocycles. The van der Waals surface area contributed by atoms with E-state index in [2.05, 4.69) is 5.32 Å². The Hall–Kier alpha value is -2.00. The van der Waals surface area contributed by atoms with E-state index >= 15 is 0 Å². The molecule has 0 unspecified atom stereocenters. The molecule has 0 aromatic heterocycles. The van der Waals surface area contributed by atoms with Gasteiger partial charge in [-0.15, -0.1) is 0 Å². The number of rotatable bonds is 4. The lowest BCUT2D eigenvalue weighted by atomic mass is 10.1. The van der Waals surface area contributed by atoms with Crippen LogP contribution in [0.25, 0.3) is 0 Å². The zero-order valence-corrected chi connectivity index (χ0v) is 11.2. The number of anilines is 1. The van der Waals surface area contributed by atoms with Crippen LogP contribution in [-0.2, 0) is 6.54 Å². The number of nitrogens with one attached hydrogen (secondary N) is 1. The summed E-state index contributed by atoms with van der Waals surface area (Å²) in [4.78, 5) is 11.2. The zero-order valence-electron chi connectivity index (χ0n) is 10.5. The van der Waals surface area contributed by atoms with Crippen molar-refractivity contribution in [3.63, 3.8) is 0 Å². The highest BCUT2D eigenvalue weighted by atomic mass is 35.5. The molecule has 2 N–H and O–H groups in total. The van der Waals surface area contributed by atoms with Crippen molar-refractivity contribution in [2.24, 2.45) is 0 Å². The molecule has 4 heteroatoms. The summed E-state index contributed by atoms with van der Waals surface area (Å²) < 4.78 is 0. The molecule has 0 amide bonds. The fraction of sp³-hybridized carbons (Fsp3) is 0.133. The largest absolute Gasteiger partial charge is 0.478 e. The number of aryl methyl sites for hydroxylation is 1. The van der Waals surface area contributed by atoms with Gasteiger partial charge in [0.25, 0.3) is 0 Å². The van der Waals surface area contributed by atoms with Gasteiger partial charge in [0, 0.05) is 17.3 Å². The first-order valence-electron chi connectivity index (χ1n) is 5.89. The molecular weight excluding hydrogens is 262 g/mol. The van der Waals surface area contributed by atoms with Gasteiger partial charge in [-0.05, 0) is 36.2 Å². The summed E-state index contributed by atoms with van der Waals surface area (Å²) in [7, 11) is 0. The molecule has 2 aromatic rings. The highest BCUT2D eigenvalue weighted by Crippen LogP contribution is 2.21. The van der Waals surface area contributed by atoms with Gasteiger partial charge in [0.15, 0.2) is 0 Å². The SMILES string of the molecule is Cc1ccccc1CNc1ccc(Cl)cc1C(=O)O. The smallest absolute Gasteiger partial charge is 0.337 e. The molecule has 19 heavy (non-hydrogen) atoms. The van der Waals surface area contributed by atoms with Crippen LogP contribution in [0.5, 0.6) is 0 Å². The topological polar surface area (TPSA) is 49.3 Å². The quantitative estimate of drug-likeness (QED) is 0.888. The number of carboxylic acid groups (broad SMARTS) is 1. The van der Waals surface area contributed by atoms with Gasteiger partial charge in [0.1, 0.15) is 0 Å². The summed E-state index contributed by atoms with van der Waals surface area (Å²) in [5, 5.41) is 12.7. The molecule has 98 valence electrons. The van der Waals surface area contributed by atoms with Gasteiger partial charge >= 0.3 is 5.97 Å². The summed E-state index contributed by atoms with van der Waals surface area (Å²) in [6.07, 6.45) is 0. The Kier molecular flexibility index (Phi) is 4.07. The first kappa shape index (κ1) is 13.4. The summed E-state index contributed by atoms with van der Waals surface area (Å²) in [5.41, 5.74) is 3.05. The number of hydrogen-bond donors (Lipinski definition) is 2. The Morgan fingerprint density at radius 2 is 2.00 bits per heavy atom. The molecule has 0 spiro atoms. The summed E-state index contributed by atoms with van der Waals surface area (Å²) in [6.45, 7) is 2.60. The Balaban J connectivity index is 2.20. The van der Waals surface area contributed by atoms with Crippen LogP contribution in [0.1, 0.15) is 21.5 Å². The van der Waals surface area contributed by atoms with E-state index in [0.717, 1.165) is 5.56 Å². The van der Waals surface area contributed by atoms with Crippen LogP contribution in [-0.4, -0.2) is 11.1 Å². The van der Waals surface area contributed by atoms with Crippen LogP contribution in [0, 0.1) is 6.92 Å².